The van der Waals surface area contributed by atoms with E-state index in [9.17, 15) is 5.11 Å². The van der Waals surface area contributed by atoms with Crippen molar-refractivity contribution in [3.63, 3.8) is 0 Å². The Hall–Kier alpha value is -2.45. The fourth-order valence-electron chi connectivity index (χ4n) is 3.49. The molecule has 0 spiro atoms. The molecule has 1 fully saturated rings. The first-order chi connectivity index (χ1) is 12.6. The summed E-state index contributed by atoms with van der Waals surface area (Å²) < 4.78 is 12.5. The van der Waals surface area contributed by atoms with Crippen molar-refractivity contribution in [1.29, 1.82) is 0 Å². The van der Waals surface area contributed by atoms with Crippen LogP contribution in [0.4, 0.5) is 0 Å². The maximum absolute atomic E-state index is 10.3. The Kier molecular flexibility index (Phi) is 4.60. The van der Waals surface area contributed by atoms with Gasteiger partial charge in [0.1, 0.15) is 17.6 Å². The van der Waals surface area contributed by atoms with E-state index in [4.69, 9.17) is 9.15 Å². The molecule has 138 valence electrons. The Morgan fingerprint density at radius 3 is 2.73 bits per heavy atom. The number of β-amino-alcohol motifs (C(OH)–C–C–N with tert-alkyl or cyclic N) is 1. The number of furan rings is 1. The van der Waals surface area contributed by atoms with Gasteiger partial charge in [-0.25, -0.2) is 0 Å². The molecular weight excluding hydrogens is 334 g/mol. The molecule has 26 heavy (non-hydrogen) atoms. The molecule has 4 heterocycles. The lowest BCUT2D eigenvalue weighted by molar-refractivity contribution is 0.0803. The molecule has 0 saturated carbocycles. The van der Waals surface area contributed by atoms with Crippen molar-refractivity contribution in [2.24, 2.45) is 0 Å². The number of rotatable bonds is 5. The second kappa shape index (κ2) is 7.05. The van der Waals surface area contributed by atoms with Crippen LogP contribution in [0.2, 0.25) is 0 Å². The number of nitrogens with zero attached hydrogens (tertiary/aromatic N) is 5. The van der Waals surface area contributed by atoms with Crippen molar-refractivity contribution in [1.82, 2.24) is 24.7 Å². The van der Waals surface area contributed by atoms with Gasteiger partial charge in [0.2, 0.25) is 5.88 Å². The summed E-state index contributed by atoms with van der Waals surface area (Å²) in [5.74, 6) is 3.17. The number of aliphatic hydroxyl groups is 1. The van der Waals surface area contributed by atoms with Gasteiger partial charge in [0.25, 0.3) is 0 Å². The fraction of sp³-hybridized carbons (Fsp3) is 0.500. The summed E-state index contributed by atoms with van der Waals surface area (Å²) in [5.41, 5.74) is 0.729. The number of methoxy groups -OCH3 is 1. The van der Waals surface area contributed by atoms with E-state index in [1.165, 1.54) is 0 Å². The molecule has 1 saturated heterocycles. The molecule has 1 unspecified atom stereocenters. The predicted molar refractivity (Wildman–Crippen MR) is 94.2 cm³/mol. The fourth-order valence-corrected chi connectivity index (χ4v) is 3.49. The van der Waals surface area contributed by atoms with Gasteiger partial charge in [0.05, 0.1) is 7.11 Å². The third-order valence-corrected chi connectivity index (χ3v) is 4.95. The quantitative estimate of drug-likeness (QED) is 0.746. The number of ether oxygens (including phenoxy) is 1. The van der Waals surface area contributed by atoms with Crippen LogP contribution < -0.4 is 4.74 Å². The van der Waals surface area contributed by atoms with Crippen LogP contribution in [0.15, 0.2) is 28.7 Å². The summed E-state index contributed by atoms with van der Waals surface area (Å²) in [5, 5.41) is 23.3. The highest BCUT2D eigenvalue weighted by Gasteiger charge is 2.27. The summed E-state index contributed by atoms with van der Waals surface area (Å²) in [6, 6.07) is 7.36. The van der Waals surface area contributed by atoms with Gasteiger partial charge in [-0.1, -0.05) is 0 Å². The molecule has 8 nitrogen and oxygen atoms in total. The predicted octanol–water partition coefficient (Wildman–Crippen LogP) is 1.95. The second-order valence-corrected chi connectivity index (χ2v) is 6.74. The number of fused-ring (bicyclic) bond motifs is 1. The molecule has 3 aromatic rings. The summed E-state index contributed by atoms with van der Waals surface area (Å²) in [4.78, 5) is 2.26. The Balaban J connectivity index is 1.40. The monoisotopic (exact) mass is 357 g/mol. The second-order valence-electron chi connectivity index (χ2n) is 6.74. The molecule has 4 rings (SSSR count). The summed E-state index contributed by atoms with van der Waals surface area (Å²) in [6.45, 7) is 4.24. The number of hydrogen-bond acceptors (Lipinski definition) is 7. The van der Waals surface area contributed by atoms with Crippen LogP contribution in [0.3, 0.4) is 0 Å². The topological polar surface area (TPSA) is 88.9 Å². The highest BCUT2D eigenvalue weighted by atomic mass is 16.5. The molecule has 1 atom stereocenters. The van der Waals surface area contributed by atoms with E-state index in [-0.39, 0.29) is 0 Å². The highest BCUT2D eigenvalue weighted by molar-refractivity contribution is 5.38. The van der Waals surface area contributed by atoms with Crippen LogP contribution in [0.25, 0.3) is 5.65 Å². The average Bonchev–Trinajstić information content (AvgIpc) is 3.28. The van der Waals surface area contributed by atoms with Crippen LogP contribution in [0.5, 0.6) is 5.88 Å². The minimum atomic E-state index is -0.597. The molecule has 0 aromatic carbocycles. The van der Waals surface area contributed by atoms with E-state index >= 15 is 0 Å². The van der Waals surface area contributed by atoms with Gasteiger partial charge >= 0.3 is 0 Å². The van der Waals surface area contributed by atoms with Crippen molar-refractivity contribution in [3.8, 4) is 5.88 Å². The minimum absolute atomic E-state index is 0.295. The van der Waals surface area contributed by atoms with Crippen LogP contribution in [0.1, 0.15) is 42.2 Å². The Bertz CT molecular complexity index is 882. The zero-order chi connectivity index (χ0) is 18.1. The highest BCUT2D eigenvalue weighted by Crippen LogP contribution is 2.28. The zero-order valence-electron chi connectivity index (χ0n) is 15.0. The lowest BCUT2D eigenvalue weighted by Gasteiger charge is -2.31. The SMILES string of the molecule is COc1ccc2nnc(C3CCN(CC(O)c4ccc(C)o4)CC3)n2n1. The van der Waals surface area contributed by atoms with Gasteiger partial charge in [-0.15, -0.1) is 15.3 Å². The van der Waals surface area contributed by atoms with Gasteiger partial charge in [-0.05, 0) is 51.1 Å². The number of likely N-dealkylation sites (tertiary alicyclic amines) is 1. The molecular formula is C18H23N5O3. The first-order valence-corrected chi connectivity index (χ1v) is 8.87. The van der Waals surface area contributed by atoms with Crippen molar-refractivity contribution >= 4 is 5.65 Å². The first kappa shape index (κ1) is 17.0. The van der Waals surface area contributed by atoms with Gasteiger partial charge in [-0.2, -0.15) is 4.52 Å². The number of aromatic nitrogens is 4. The van der Waals surface area contributed by atoms with Crippen LogP contribution in [0, 0.1) is 6.92 Å². The van der Waals surface area contributed by atoms with Crippen molar-refractivity contribution in [2.75, 3.05) is 26.7 Å². The molecule has 1 aliphatic rings. The van der Waals surface area contributed by atoms with E-state index in [2.05, 4.69) is 20.2 Å². The molecule has 8 heteroatoms. The maximum Gasteiger partial charge on any atom is 0.231 e. The number of aryl methyl sites for hydroxylation is 1. The number of piperidine rings is 1. The van der Waals surface area contributed by atoms with Crippen LogP contribution in [-0.4, -0.2) is 56.6 Å². The summed E-state index contributed by atoms with van der Waals surface area (Å²) in [7, 11) is 1.60. The van der Waals surface area contributed by atoms with E-state index in [1.54, 1.807) is 17.7 Å². The number of aliphatic hydroxyl groups excluding tert-OH is 1. The van der Waals surface area contributed by atoms with Gasteiger partial charge in [-0.3, -0.25) is 0 Å². The first-order valence-electron chi connectivity index (χ1n) is 8.87. The van der Waals surface area contributed by atoms with Crippen LogP contribution >= 0.6 is 0 Å². The minimum Gasteiger partial charge on any atom is -0.480 e. The van der Waals surface area contributed by atoms with Crippen LogP contribution in [-0.2, 0) is 0 Å². The average molecular weight is 357 g/mol. The molecule has 3 aromatic heterocycles. The smallest absolute Gasteiger partial charge is 0.231 e. The Morgan fingerprint density at radius 2 is 2.04 bits per heavy atom. The molecule has 0 aliphatic carbocycles. The van der Waals surface area contributed by atoms with Crippen molar-refractivity contribution in [3.05, 3.63) is 41.6 Å². The molecule has 0 bridgehead atoms. The zero-order valence-corrected chi connectivity index (χ0v) is 15.0. The molecule has 1 N–H and O–H groups in total. The van der Waals surface area contributed by atoms with Gasteiger partial charge in [0, 0.05) is 18.5 Å². The number of hydrogen-bond donors (Lipinski definition) is 1. The summed E-state index contributed by atoms with van der Waals surface area (Å²) in [6.07, 6.45) is 1.30. The largest absolute Gasteiger partial charge is 0.480 e. The van der Waals surface area contributed by atoms with Crippen molar-refractivity contribution in [2.45, 2.75) is 31.8 Å². The van der Waals surface area contributed by atoms with E-state index < -0.39 is 6.10 Å². The van der Waals surface area contributed by atoms with E-state index in [0.29, 0.717) is 24.1 Å². The Morgan fingerprint density at radius 1 is 1.23 bits per heavy atom. The van der Waals surface area contributed by atoms with Gasteiger partial charge in [0.15, 0.2) is 11.5 Å². The third kappa shape index (κ3) is 3.30. The Labute approximate surface area is 151 Å². The standard InChI is InChI=1S/C18H23N5O3/c1-12-3-4-15(26-12)14(24)11-22-9-7-13(8-10-22)18-20-19-16-5-6-17(25-2)21-23(16)18/h3-6,13-14,24H,7-11H2,1-2H3. The third-order valence-electron chi connectivity index (χ3n) is 4.95. The lowest BCUT2D eigenvalue weighted by Crippen LogP contribution is -2.36. The summed E-state index contributed by atoms with van der Waals surface area (Å²) >= 11 is 0. The van der Waals surface area contributed by atoms with Crippen molar-refractivity contribution < 1.29 is 14.3 Å². The lowest BCUT2D eigenvalue weighted by atomic mass is 9.96. The van der Waals surface area contributed by atoms with E-state index in [0.717, 1.165) is 43.2 Å². The normalized spacial score (nSPS) is 17.7. The molecule has 0 amide bonds. The molecule has 1 aliphatic heterocycles. The maximum atomic E-state index is 10.3. The molecule has 0 radical (unpaired) electrons. The van der Waals surface area contributed by atoms with Gasteiger partial charge < -0.3 is 19.2 Å². The van der Waals surface area contributed by atoms with E-state index in [1.807, 2.05) is 25.1 Å².